The van der Waals surface area contributed by atoms with Crippen molar-refractivity contribution in [3.05, 3.63) is 24.0 Å². The van der Waals surface area contributed by atoms with Crippen molar-refractivity contribution in [2.45, 2.75) is 16.2 Å². The second kappa shape index (κ2) is 4.03. The fourth-order valence-electron chi connectivity index (χ4n) is 1.03. The Labute approximate surface area is 96.7 Å². The Morgan fingerprint density at radius 2 is 2.20 bits per heavy atom. The lowest BCUT2D eigenvalue weighted by molar-refractivity contribution is -0.303. The number of carbonyl (C=O) groups is 1. The van der Waals surface area contributed by atoms with Crippen LogP contribution in [0.4, 0.5) is 13.2 Å². The Morgan fingerprint density at radius 1 is 1.60 bits per heavy atom. The van der Waals surface area contributed by atoms with Crippen LogP contribution in [0, 0.1) is 0 Å². The molecule has 1 N–H and O–H groups in total. The lowest BCUT2D eigenvalue weighted by atomic mass is 10.0. The van der Waals surface area contributed by atoms with Crippen molar-refractivity contribution in [1.29, 1.82) is 0 Å². The molecule has 0 aromatic carbocycles. The van der Waals surface area contributed by atoms with Crippen LogP contribution in [0.5, 0.6) is 0 Å². The van der Waals surface area contributed by atoms with Gasteiger partial charge in [-0.2, -0.15) is 0 Å². The molecule has 1 aliphatic rings. The Bertz CT molecular complexity index is 335. The lowest BCUT2D eigenvalue weighted by Crippen LogP contribution is -2.31. The van der Waals surface area contributed by atoms with E-state index in [0.717, 1.165) is 12.2 Å². The highest BCUT2D eigenvalue weighted by atomic mass is 127. The highest BCUT2D eigenvalue weighted by molar-refractivity contribution is 14.1. The molecule has 1 rings (SSSR count). The summed E-state index contributed by atoms with van der Waals surface area (Å²) in [6, 6.07) is 0. The molecule has 84 valence electrons. The van der Waals surface area contributed by atoms with Crippen LogP contribution >= 0.6 is 22.6 Å². The molecule has 0 bridgehead atoms. The van der Waals surface area contributed by atoms with Gasteiger partial charge >= 0.3 is 12.3 Å². The smallest absolute Gasteiger partial charge is 0.480 e. The maximum absolute atomic E-state index is 11.8. The second-order valence-corrected chi connectivity index (χ2v) is 4.79. The fraction of sp³-hybridized carbons (Fsp3) is 0.375. The zero-order valence-corrected chi connectivity index (χ0v) is 9.37. The molecule has 0 aromatic rings. The number of halogens is 4. The van der Waals surface area contributed by atoms with Gasteiger partial charge in [0.15, 0.2) is 0 Å². The molecule has 0 amide bonds. The molecule has 7 heteroatoms. The highest BCUT2D eigenvalue weighted by Gasteiger charge is 2.38. The topological polar surface area (TPSA) is 46.5 Å². The summed E-state index contributed by atoms with van der Waals surface area (Å²) in [7, 11) is 0. The minimum Gasteiger partial charge on any atom is -0.480 e. The molecule has 0 heterocycles. The monoisotopic (exact) mass is 334 g/mol. The van der Waals surface area contributed by atoms with Crippen molar-refractivity contribution in [3.8, 4) is 0 Å². The van der Waals surface area contributed by atoms with E-state index < -0.39 is 21.5 Å². The van der Waals surface area contributed by atoms with Crippen molar-refractivity contribution < 1.29 is 27.8 Å². The SMILES string of the molecule is O=C(O)C1(I)C=C(OC(F)(F)F)C=CC1. The average molecular weight is 334 g/mol. The number of ether oxygens (including phenoxy) is 1. The standard InChI is InChI=1S/C8H6F3IO3/c9-8(10,11)15-5-2-1-3-7(12,4-5)6(13)14/h1-2,4H,3H2,(H,13,14). The molecule has 0 radical (unpaired) electrons. The molecular formula is C8H6F3IO3. The van der Waals surface area contributed by atoms with Gasteiger partial charge < -0.3 is 9.84 Å². The quantitative estimate of drug-likeness (QED) is 0.624. The van der Waals surface area contributed by atoms with Gasteiger partial charge in [0.2, 0.25) is 0 Å². The van der Waals surface area contributed by atoms with Crippen molar-refractivity contribution >= 4 is 28.6 Å². The van der Waals surface area contributed by atoms with Crippen molar-refractivity contribution in [2.75, 3.05) is 0 Å². The minimum atomic E-state index is -4.80. The third-order valence-electron chi connectivity index (χ3n) is 1.66. The molecule has 0 saturated carbocycles. The molecule has 3 nitrogen and oxygen atoms in total. The van der Waals surface area contributed by atoms with E-state index >= 15 is 0 Å². The summed E-state index contributed by atoms with van der Waals surface area (Å²) < 4.78 is 37.8. The van der Waals surface area contributed by atoms with Gasteiger partial charge in [-0.25, -0.2) is 0 Å². The molecule has 0 fully saturated rings. The highest BCUT2D eigenvalue weighted by Crippen LogP contribution is 2.33. The van der Waals surface area contributed by atoms with Gasteiger partial charge in [0, 0.05) is 0 Å². The van der Waals surface area contributed by atoms with Crippen LogP contribution < -0.4 is 0 Å². The Balaban J connectivity index is 2.87. The first kappa shape index (κ1) is 12.3. The fourth-order valence-corrected chi connectivity index (χ4v) is 1.59. The van der Waals surface area contributed by atoms with E-state index in [1.54, 1.807) is 22.6 Å². The first-order chi connectivity index (χ1) is 6.73. The molecule has 1 aliphatic carbocycles. The predicted octanol–water partition coefficient (Wildman–Crippen LogP) is 2.63. The number of rotatable bonds is 2. The molecule has 15 heavy (non-hydrogen) atoms. The zero-order valence-electron chi connectivity index (χ0n) is 7.21. The van der Waals surface area contributed by atoms with Gasteiger partial charge in [-0.1, -0.05) is 28.7 Å². The summed E-state index contributed by atoms with van der Waals surface area (Å²) >= 11 is 1.57. The van der Waals surface area contributed by atoms with Crippen LogP contribution in [0.1, 0.15) is 6.42 Å². The number of allylic oxidation sites excluding steroid dienone is 2. The Hall–Kier alpha value is -0.730. The number of carboxylic acids is 1. The van der Waals surface area contributed by atoms with E-state index in [1.165, 1.54) is 6.08 Å². The Morgan fingerprint density at radius 3 is 2.67 bits per heavy atom. The van der Waals surface area contributed by atoms with Crippen LogP contribution in [-0.2, 0) is 9.53 Å². The summed E-state index contributed by atoms with van der Waals surface area (Å²) in [6.07, 6.45) is -1.28. The van der Waals surface area contributed by atoms with Crippen LogP contribution in [0.25, 0.3) is 0 Å². The molecule has 0 aromatic heterocycles. The summed E-state index contributed by atoms with van der Waals surface area (Å²) in [5, 5.41) is 8.79. The molecule has 1 atom stereocenters. The third kappa shape index (κ3) is 3.40. The van der Waals surface area contributed by atoms with Gasteiger partial charge in [-0.05, 0) is 18.6 Å². The second-order valence-electron chi connectivity index (χ2n) is 2.87. The molecule has 0 spiro atoms. The maximum Gasteiger partial charge on any atom is 0.573 e. The van der Waals surface area contributed by atoms with E-state index in [1.807, 2.05) is 0 Å². The van der Waals surface area contributed by atoms with Gasteiger partial charge in [-0.3, -0.25) is 4.79 Å². The van der Waals surface area contributed by atoms with Crippen LogP contribution in [-0.4, -0.2) is 20.9 Å². The summed E-state index contributed by atoms with van der Waals surface area (Å²) in [4.78, 5) is 10.8. The largest absolute Gasteiger partial charge is 0.573 e. The molecular weight excluding hydrogens is 328 g/mol. The third-order valence-corrected chi connectivity index (χ3v) is 2.87. The van der Waals surface area contributed by atoms with E-state index in [-0.39, 0.29) is 6.42 Å². The summed E-state index contributed by atoms with van der Waals surface area (Å²) in [5.41, 5.74) is 0. The van der Waals surface area contributed by atoms with Crippen molar-refractivity contribution in [3.63, 3.8) is 0 Å². The van der Waals surface area contributed by atoms with Gasteiger partial charge in [-0.15, -0.1) is 13.2 Å². The van der Waals surface area contributed by atoms with E-state index in [2.05, 4.69) is 4.74 Å². The van der Waals surface area contributed by atoms with Crippen molar-refractivity contribution in [2.24, 2.45) is 0 Å². The summed E-state index contributed by atoms with van der Waals surface area (Å²) in [6.45, 7) is 0. The van der Waals surface area contributed by atoms with Gasteiger partial charge in [0.25, 0.3) is 0 Å². The molecule has 1 unspecified atom stereocenters. The van der Waals surface area contributed by atoms with E-state index in [0.29, 0.717) is 0 Å². The predicted molar refractivity (Wildman–Crippen MR) is 53.4 cm³/mol. The number of hydrogen-bond acceptors (Lipinski definition) is 2. The van der Waals surface area contributed by atoms with Crippen LogP contribution in [0.3, 0.4) is 0 Å². The normalized spacial score (nSPS) is 26.0. The number of carboxylic acid groups (broad SMARTS) is 1. The first-order valence-corrected chi connectivity index (χ1v) is 4.88. The maximum atomic E-state index is 11.8. The zero-order chi connectivity index (χ0) is 11.7. The lowest BCUT2D eigenvalue weighted by Gasteiger charge is -2.22. The first-order valence-electron chi connectivity index (χ1n) is 3.80. The number of alkyl halides is 4. The molecule has 0 aliphatic heterocycles. The summed E-state index contributed by atoms with van der Waals surface area (Å²) in [5.74, 6) is -1.69. The van der Waals surface area contributed by atoms with E-state index in [4.69, 9.17) is 5.11 Å². The Kier molecular flexibility index (Phi) is 3.31. The van der Waals surface area contributed by atoms with Gasteiger partial charge in [0.1, 0.15) is 9.18 Å². The van der Waals surface area contributed by atoms with Crippen LogP contribution in [0.2, 0.25) is 0 Å². The number of aliphatic carboxylic acids is 1. The van der Waals surface area contributed by atoms with Gasteiger partial charge in [0.05, 0.1) is 0 Å². The average Bonchev–Trinajstić information content (AvgIpc) is 2.00. The molecule has 0 saturated heterocycles. The van der Waals surface area contributed by atoms with Crippen LogP contribution in [0.15, 0.2) is 24.0 Å². The van der Waals surface area contributed by atoms with Crippen molar-refractivity contribution in [1.82, 2.24) is 0 Å². The number of hydrogen-bond donors (Lipinski definition) is 1. The minimum absolute atomic E-state index is 0.133. The van der Waals surface area contributed by atoms with E-state index in [9.17, 15) is 18.0 Å².